The minimum atomic E-state index is -0.214. The minimum absolute atomic E-state index is 0.214. The molecule has 2 unspecified atom stereocenters. The molecule has 1 N–H and O–H groups in total. The van der Waals surface area contributed by atoms with Gasteiger partial charge in [0.2, 0.25) is 0 Å². The quantitative estimate of drug-likeness (QED) is 0.870. The maximum Gasteiger partial charge on any atom is 0.0518 e. The van der Waals surface area contributed by atoms with E-state index in [2.05, 4.69) is 34.3 Å². The van der Waals surface area contributed by atoms with Crippen LogP contribution in [0.4, 0.5) is 0 Å². The Morgan fingerprint density at radius 2 is 2.25 bits per heavy atom. The molecule has 1 heterocycles. The van der Waals surface area contributed by atoms with Gasteiger partial charge < -0.3 is 5.11 Å². The van der Waals surface area contributed by atoms with E-state index in [0.717, 1.165) is 6.42 Å². The normalized spacial score (nSPS) is 16.0. The molecule has 0 aliphatic carbocycles. The van der Waals surface area contributed by atoms with Gasteiger partial charge in [-0.1, -0.05) is 6.92 Å². The molecular weight excluding hydrogens is 236 g/mol. The van der Waals surface area contributed by atoms with Gasteiger partial charge in [-0.25, -0.2) is 0 Å². The van der Waals surface area contributed by atoms with Crippen molar-refractivity contribution in [3.63, 3.8) is 0 Å². The first-order chi connectivity index (χ1) is 5.61. The summed E-state index contributed by atoms with van der Waals surface area (Å²) in [7, 11) is 0. The molecule has 0 amide bonds. The Labute approximate surface area is 85.6 Å². The van der Waals surface area contributed by atoms with E-state index in [4.69, 9.17) is 0 Å². The molecule has 0 aliphatic heterocycles. The van der Waals surface area contributed by atoms with Crippen LogP contribution in [0.1, 0.15) is 31.1 Å². The van der Waals surface area contributed by atoms with E-state index >= 15 is 0 Å². The van der Waals surface area contributed by atoms with Crippen LogP contribution in [-0.4, -0.2) is 11.2 Å². The molecule has 0 bridgehead atoms. The first kappa shape index (κ1) is 10.2. The third-order valence-corrected chi connectivity index (χ3v) is 3.89. The lowest BCUT2D eigenvalue weighted by Gasteiger charge is -2.11. The van der Waals surface area contributed by atoms with Crippen LogP contribution in [0.5, 0.6) is 0 Å². The van der Waals surface area contributed by atoms with Crippen LogP contribution in [0.15, 0.2) is 15.9 Å². The topological polar surface area (TPSA) is 20.2 Å². The molecule has 68 valence electrons. The van der Waals surface area contributed by atoms with Crippen molar-refractivity contribution in [2.24, 2.45) is 0 Å². The van der Waals surface area contributed by atoms with Crippen molar-refractivity contribution in [3.05, 3.63) is 20.8 Å². The molecule has 0 spiro atoms. The van der Waals surface area contributed by atoms with E-state index in [9.17, 15) is 5.11 Å². The zero-order valence-corrected chi connectivity index (χ0v) is 9.65. The molecule has 0 fully saturated rings. The highest BCUT2D eigenvalue weighted by Crippen LogP contribution is 2.32. The second-order valence-electron chi connectivity index (χ2n) is 3.12. The summed E-state index contributed by atoms with van der Waals surface area (Å²) in [5, 5.41) is 11.3. The Bertz CT molecular complexity index is 244. The lowest BCUT2D eigenvalue weighted by Crippen LogP contribution is -2.04. The van der Waals surface area contributed by atoms with Crippen molar-refractivity contribution >= 4 is 27.3 Å². The van der Waals surface area contributed by atoms with Crippen molar-refractivity contribution in [1.29, 1.82) is 0 Å². The molecule has 2 atom stereocenters. The van der Waals surface area contributed by atoms with Gasteiger partial charge in [-0.15, -0.1) is 11.3 Å². The third kappa shape index (κ3) is 2.57. The Morgan fingerprint density at radius 3 is 2.67 bits per heavy atom. The van der Waals surface area contributed by atoms with Crippen LogP contribution in [0, 0.1) is 0 Å². The van der Waals surface area contributed by atoms with Crippen molar-refractivity contribution in [2.45, 2.75) is 32.3 Å². The smallest absolute Gasteiger partial charge is 0.0518 e. The number of rotatable bonds is 3. The van der Waals surface area contributed by atoms with Crippen LogP contribution in [0.3, 0.4) is 0 Å². The summed E-state index contributed by atoms with van der Waals surface area (Å²) in [6.07, 6.45) is 0.619. The molecule has 1 nitrogen and oxygen atoms in total. The van der Waals surface area contributed by atoms with Gasteiger partial charge in [-0.2, -0.15) is 0 Å². The van der Waals surface area contributed by atoms with Gasteiger partial charge in [0.15, 0.2) is 0 Å². The highest BCUT2D eigenvalue weighted by atomic mass is 79.9. The van der Waals surface area contributed by atoms with Gasteiger partial charge in [0.1, 0.15) is 0 Å². The van der Waals surface area contributed by atoms with E-state index in [1.165, 1.54) is 9.35 Å². The fourth-order valence-electron chi connectivity index (χ4n) is 1.28. The third-order valence-electron chi connectivity index (χ3n) is 1.79. The summed E-state index contributed by atoms with van der Waals surface area (Å²) in [4.78, 5) is 1.33. The molecule has 12 heavy (non-hydrogen) atoms. The number of hydrogen-bond acceptors (Lipinski definition) is 2. The average molecular weight is 249 g/mol. The van der Waals surface area contributed by atoms with E-state index in [1.807, 2.05) is 6.92 Å². The Hall–Kier alpha value is 0.140. The minimum Gasteiger partial charge on any atom is -0.393 e. The lowest BCUT2D eigenvalue weighted by molar-refractivity contribution is 0.177. The summed E-state index contributed by atoms with van der Waals surface area (Å²) in [6, 6.07) is 2.05. The van der Waals surface area contributed by atoms with Crippen LogP contribution >= 0.6 is 27.3 Å². The molecule has 1 aromatic rings. The summed E-state index contributed by atoms with van der Waals surface area (Å²) in [6.45, 7) is 3.97. The van der Waals surface area contributed by atoms with E-state index in [0.29, 0.717) is 5.92 Å². The SMILES string of the molecule is CC(O)CC(C)c1sccc1Br. The number of hydrogen-bond donors (Lipinski definition) is 1. The van der Waals surface area contributed by atoms with Gasteiger partial charge in [0.05, 0.1) is 6.10 Å². The van der Waals surface area contributed by atoms with Crippen molar-refractivity contribution < 1.29 is 5.11 Å². The zero-order valence-electron chi connectivity index (χ0n) is 7.25. The Kier molecular flexibility index (Phi) is 3.75. The number of aliphatic hydroxyl groups is 1. The lowest BCUT2D eigenvalue weighted by atomic mass is 10.0. The standard InChI is InChI=1S/C9H13BrOS/c1-6(5-7(2)11)9-8(10)3-4-12-9/h3-4,6-7,11H,5H2,1-2H3. The number of thiophene rings is 1. The summed E-state index contributed by atoms with van der Waals surface area (Å²) in [5.74, 6) is 0.444. The van der Waals surface area contributed by atoms with Crippen molar-refractivity contribution in [2.75, 3.05) is 0 Å². The molecule has 0 saturated heterocycles. The van der Waals surface area contributed by atoms with Crippen LogP contribution in [-0.2, 0) is 0 Å². The number of halogens is 1. The van der Waals surface area contributed by atoms with Gasteiger partial charge >= 0.3 is 0 Å². The number of aliphatic hydroxyl groups excluding tert-OH is 1. The Balaban J connectivity index is 2.65. The van der Waals surface area contributed by atoms with Gasteiger partial charge in [-0.3, -0.25) is 0 Å². The predicted molar refractivity (Wildman–Crippen MR) is 56.7 cm³/mol. The molecular formula is C9H13BrOS. The molecule has 0 aliphatic rings. The first-order valence-electron chi connectivity index (χ1n) is 4.02. The molecule has 0 saturated carbocycles. The van der Waals surface area contributed by atoms with Crippen LogP contribution in [0.2, 0.25) is 0 Å². The van der Waals surface area contributed by atoms with Crippen molar-refractivity contribution in [3.8, 4) is 0 Å². The zero-order chi connectivity index (χ0) is 9.14. The van der Waals surface area contributed by atoms with E-state index in [1.54, 1.807) is 11.3 Å². The predicted octanol–water partition coefficient (Wildman–Crippen LogP) is 3.39. The second-order valence-corrected chi connectivity index (χ2v) is 4.92. The fraction of sp³-hybridized carbons (Fsp3) is 0.556. The summed E-state index contributed by atoms with van der Waals surface area (Å²) < 4.78 is 1.17. The summed E-state index contributed by atoms with van der Waals surface area (Å²) >= 11 is 5.23. The Morgan fingerprint density at radius 1 is 1.58 bits per heavy atom. The monoisotopic (exact) mass is 248 g/mol. The molecule has 0 aromatic carbocycles. The largest absolute Gasteiger partial charge is 0.393 e. The highest BCUT2D eigenvalue weighted by molar-refractivity contribution is 9.10. The van der Waals surface area contributed by atoms with Crippen molar-refractivity contribution in [1.82, 2.24) is 0 Å². The second kappa shape index (κ2) is 4.40. The average Bonchev–Trinajstić information content (AvgIpc) is 2.33. The van der Waals surface area contributed by atoms with E-state index in [-0.39, 0.29) is 6.10 Å². The molecule has 0 radical (unpaired) electrons. The van der Waals surface area contributed by atoms with Crippen LogP contribution in [0.25, 0.3) is 0 Å². The first-order valence-corrected chi connectivity index (χ1v) is 5.69. The molecule has 3 heteroatoms. The van der Waals surface area contributed by atoms with Crippen LogP contribution < -0.4 is 0 Å². The molecule has 1 aromatic heterocycles. The summed E-state index contributed by atoms with van der Waals surface area (Å²) in [5.41, 5.74) is 0. The van der Waals surface area contributed by atoms with Gasteiger partial charge in [0.25, 0.3) is 0 Å². The van der Waals surface area contributed by atoms with E-state index < -0.39 is 0 Å². The molecule has 1 rings (SSSR count). The highest BCUT2D eigenvalue weighted by Gasteiger charge is 2.12. The maximum atomic E-state index is 9.20. The maximum absolute atomic E-state index is 9.20. The van der Waals surface area contributed by atoms with Gasteiger partial charge in [-0.05, 0) is 46.6 Å². The van der Waals surface area contributed by atoms with Gasteiger partial charge in [0, 0.05) is 9.35 Å². The fourth-order valence-corrected chi connectivity index (χ4v) is 3.11.